The van der Waals surface area contributed by atoms with E-state index in [0.717, 1.165) is 9.79 Å². The summed E-state index contributed by atoms with van der Waals surface area (Å²) in [6.45, 7) is 3.50. The lowest BCUT2D eigenvalue weighted by Gasteiger charge is -2.11. The average Bonchev–Trinajstić information content (AvgIpc) is 2.37. The van der Waals surface area contributed by atoms with Gasteiger partial charge in [0.05, 0.1) is 15.7 Å². The van der Waals surface area contributed by atoms with Crippen molar-refractivity contribution in [2.24, 2.45) is 0 Å². The molecule has 5 heteroatoms. The molecule has 0 heterocycles. The third-order valence-corrected chi connectivity index (χ3v) is 4.37. The molecule has 20 heavy (non-hydrogen) atoms. The Balaban J connectivity index is 2.36. The normalized spacial score (nSPS) is 10.4. The molecule has 0 aromatic heterocycles. The number of carbonyl (C=O) groups is 1. The molecular weight excluding hydrogens is 313 g/mol. The molecule has 1 amide bonds. The Hall–Kier alpha value is -1.16. The molecule has 0 aliphatic heterocycles. The molecule has 2 rings (SSSR count). The van der Waals surface area contributed by atoms with Crippen molar-refractivity contribution in [1.29, 1.82) is 0 Å². The first-order chi connectivity index (χ1) is 9.45. The number of benzene rings is 2. The van der Waals surface area contributed by atoms with Crippen LogP contribution in [-0.4, -0.2) is 5.91 Å². The fourth-order valence-electron chi connectivity index (χ4n) is 1.63. The first-order valence-electron chi connectivity index (χ1n) is 5.97. The number of hydrogen-bond acceptors (Lipinski definition) is 2. The zero-order valence-corrected chi connectivity index (χ0v) is 13.4. The molecule has 2 nitrogen and oxygen atoms in total. The highest BCUT2D eigenvalue weighted by Crippen LogP contribution is 2.38. The first-order valence-corrected chi connectivity index (χ1v) is 7.54. The lowest BCUT2D eigenvalue weighted by Crippen LogP contribution is -2.06. The standard InChI is InChI=1S/C15H13Cl2NOS/c1-9-3-5-11(6-4-9)20-15-8-13(17)12(16)7-14(15)18-10(2)19/h3-8H,1-2H3,(H,18,19). The van der Waals surface area contributed by atoms with Gasteiger partial charge in [0.25, 0.3) is 0 Å². The number of rotatable bonds is 3. The molecule has 0 saturated heterocycles. The largest absolute Gasteiger partial charge is 0.325 e. The Morgan fingerprint density at radius 2 is 1.70 bits per heavy atom. The minimum Gasteiger partial charge on any atom is -0.325 e. The van der Waals surface area contributed by atoms with E-state index in [1.807, 2.05) is 31.2 Å². The topological polar surface area (TPSA) is 29.1 Å². The molecule has 0 bridgehead atoms. The van der Waals surface area contributed by atoms with E-state index in [-0.39, 0.29) is 5.91 Å². The van der Waals surface area contributed by atoms with E-state index in [1.165, 1.54) is 24.2 Å². The summed E-state index contributed by atoms with van der Waals surface area (Å²) >= 11 is 13.6. The number of carbonyl (C=O) groups excluding carboxylic acids is 1. The van der Waals surface area contributed by atoms with Gasteiger partial charge in [-0.05, 0) is 31.2 Å². The summed E-state index contributed by atoms with van der Waals surface area (Å²) in [5.74, 6) is -0.144. The van der Waals surface area contributed by atoms with Crippen LogP contribution in [0.4, 0.5) is 5.69 Å². The Morgan fingerprint density at radius 3 is 2.30 bits per heavy atom. The molecule has 0 saturated carbocycles. The van der Waals surface area contributed by atoms with Crippen LogP contribution >= 0.6 is 35.0 Å². The summed E-state index contributed by atoms with van der Waals surface area (Å²) in [5, 5.41) is 3.66. The van der Waals surface area contributed by atoms with Gasteiger partial charge >= 0.3 is 0 Å². The van der Waals surface area contributed by atoms with Gasteiger partial charge in [-0.15, -0.1) is 0 Å². The highest BCUT2D eigenvalue weighted by atomic mass is 35.5. The molecule has 0 fully saturated rings. The van der Waals surface area contributed by atoms with Crippen LogP contribution in [0.25, 0.3) is 0 Å². The maximum Gasteiger partial charge on any atom is 0.221 e. The maximum absolute atomic E-state index is 11.3. The Labute approximate surface area is 132 Å². The van der Waals surface area contributed by atoms with Crippen LogP contribution < -0.4 is 5.32 Å². The smallest absolute Gasteiger partial charge is 0.221 e. The molecule has 1 N–H and O–H groups in total. The highest BCUT2D eigenvalue weighted by molar-refractivity contribution is 7.99. The van der Waals surface area contributed by atoms with E-state index in [9.17, 15) is 4.79 Å². The van der Waals surface area contributed by atoms with Crippen LogP contribution in [0.5, 0.6) is 0 Å². The maximum atomic E-state index is 11.3. The summed E-state index contributed by atoms with van der Waals surface area (Å²) in [5.41, 5.74) is 1.86. The molecule has 2 aromatic carbocycles. The van der Waals surface area contributed by atoms with Crippen molar-refractivity contribution in [3.05, 3.63) is 52.0 Å². The lowest BCUT2D eigenvalue weighted by atomic mass is 10.2. The zero-order valence-electron chi connectivity index (χ0n) is 11.0. The van der Waals surface area contributed by atoms with Crippen LogP contribution in [-0.2, 0) is 4.79 Å². The van der Waals surface area contributed by atoms with E-state index in [4.69, 9.17) is 23.2 Å². The van der Waals surface area contributed by atoms with Gasteiger partial charge in [-0.2, -0.15) is 0 Å². The van der Waals surface area contributed by atoms with Crippen molar-refractivity contribution in [1.82, 2.24) is 0 Å². The Kier molecular flexibility index (Phi) is 4.97. The van der Waals surface area contributed by atoms with Crippen molar-refractivity contribution in [3.63, 3.8) is 0 Å². The van der Waals surface area contributed by atoms with Gasteiger partial charge in [-0.3, -0.25) is 4.79 Å². The molecular formula is C15H13Cl2NOS. The number of anilines is 1. The quantitative estimate of drug-likeness (QED) is 0.817. The third-order valence-electron chi connectivity index (χ3n) is 2.58. The molecule has 0 atom stereocenters. The second-order valence-corrected chi connectivity index (χ2v) is 6.29. The number of halogens is 2. The van der Waals surface area contributed by atoms with E-state index < -0.39 is 0 Å². The Morgan fingerprint density at radius 1 is 1.10 bits per heavy atom. The monoisotopic (exact) mass is 325 g/mol. The lowest BCUT2D eigenvalue weighted by molar-refractivity contribution is -0.114. The predicted octanol–water partition coefficient (Wildman–Crippen LogP) is 5.41. The predicted molar refractivity (Wildman–Crippen MR) is 86.1 cm³/mol. The van der Waals surface area contributed by atoms with Crippen LogP contribution in [0.3, 0.4) is 0 Å². The van der Waals surface area contributed by atoms with Gasteiger partial charge in [0.1, 0.15) is 0 Å². The fraction of sp³-hybridized carbons (Fsp3) is 0.133. The van der Waals surface area contributed by atoms with Gasteiger partial charge in [0, 0.05) is 16.7 Å². The third kappa shape index (κ3) is 3.92. The SMILES string of the molecule is CC(=O)Nc1cc(Cl)c(Cl)cc1Sc1ccc(C)cc1. The molecule has 0 radical (unpaired) electrons. The summed E-state index contributed by atoms with van der Waals surface area (Å²) in [6.07, 6.45) is 0. The van der Waals surface area contributed by atoms with Gasteiger partial charge in [-0.1, -0.05) is 52.7 Å². The Bertz CT molecular complexity index is 641. The van der Waals surface area contributed by atoms with Crippen LogP contribution in [0.1, 0.15) is 12.5 Å². The average molecular weight is 326 g/mol. The first kappa shape index (κ1) is 15.2. The number of aryl methyl sites for hydroxylation is 1. The van der Waals surface area contributed by atoms with Crippen LogP contribution in [0.15, 0.2) is 46.2 Å². The summed E-state index contributed by atoms with van der Waals surface area (Å²) in [7, 11) is 0. The van der Waals surface area contributed by atoms with Gasteiger partial charge in [0.2, 0.25) is 5.91 Å². The summed E-state index contributed by atoms with van der Waals surface area (Å²) in [6, 6.07) is 11.6. The number of amides is 1. The van der Waals surface area contributed by atoms with E-state index in [1.54, 1.807) is 12.1 Å². The minimum absolute atomic E-state index is 0.144. The van der Waals surface area contributed by atoms with Crippen LogP contribution in [0.2, 0.25) is 10.0 Å². The number of nitrogens with one attached hydrogen (secondary N) is 1. The van der Waals surface area contributed by atoms with E-state index in [0.29, 0.717) is 15.7 Å². The van der Waals surface area contributed by atoms with Gasteiger partial charge in [-0.25, -0.2) is 0 Å². The molecule has 0 aliphatic rings. The van der Waals surface area contributed by atoms with Crippen molar-refractivity contribution in [3.8, 4) is 0 Å². The molecule has 104 valence electrons. The number of hydrogen-bond donors (Lipinski definition) is 1. The van der Waals surface area contributed by atoms with Gasteiger partial charge in [0.15, 0.2) is 0 Å². The van der Waals surface area contributed by atoms with Gasteiger partial charge < -0.3 is 5.32 Å². The van der Waals surface area contributed by atoms with E-state index >= 15 is 0 Å². The molecule has 0 spiro atoms. The molecule has 2 aromatic rings. The van der Waals surface area contributed by atoms with Crippen molar-refractivity contribution >= 4 is 46.6 Å². The van der Waals surface area contributed by atoms with E-state index in [2.05, 4.69) is 5.32 Å². The minimum atomic E-state index is -0.144. The fourth-order valence-corrected chi connectivity index (χ4v) is 2.95. The van der Waals surface area contributed by atoms with Crippen LogP contribution in [0, 0.1) is 6.92 Å². The van der Waals surface area contributed by atoms with Crippen molar-refractivity contribution in [2.45, 2.75) is 23.6 Å². The van der Waals surface area contributed by atoms with Crippen molar-refractivity contribution < 1.29 is 4.79 Å². The molecule has 0 aliphatic carbocycles. The highest BCUT2D eigenvalue weighted by Gasteiger charge is 2.10. The summed E-state index contributed by atoms with van der Waals surface area (Å²) in [4.78, 5) is 13.2. The second kappa shape index (κ2) is 6.53. The molecule has 0 unspecified atom stereocenters. The second-order valence-electron chi connectivity index (χ2n) is 4.36. The van der Waals surface area contributed by atoms with Crippen molar-refractivity contribution in [2.75, 3.05) is 5.32 Å². The summed E-state index contributed by atoms with van der Waals surface area (Å²) < 4.78 is 0. The zero-order chi connectivity index (χ0) is 14.7.